The zero-order chi connectivity index (χ0) is 8.97. The Kier molecular flexibility index (Phi) is 4.44. The highest BCUT2D eigenvalue weighted by atomic mass is 32.2. The number of rotatable bonds is 4. The molecule has 1 rings (SSSR count). The minimum atomic E-state index is 0.478. The predicted octanol–water partition coefficient (Wildman–Crippen LogP) is 3.09. The zero-order valence-corrected chi connectivity index (χ0v) is 9.19. The molecular weight excluding hydrogens is 168 g/mol. The monoisotopic (exact) mass is 188 g/mol. The summed E-state index contributed by atoms with van der Waals surface area (Å²) in [7, 11) is 0. The zero-order valence-electron chi connectivity index (χ0n) is 8.38. The lowest BCUT2D eigenvalue weighted by Crippen LogP contribution is -2.13. The second kappa shape index (κ2) is 5.13. The van der Waals surface area contributed by atoms with Gasteiger partial charge in [0.25, 0.3) is 0 Å². The smallest absolute Gasteiger partial charge is 0.0670 e. The first-order valence-corrected chi connectivity index (χ1v) is 6.09. The van der Waals surface area contributed by atoms with E-state index in [2.05, 4.69) is 32.5 Å². The van der Waals surface area contributed by atoms with Gasteiger partial charge in [-0.25, -0.2) is 0 Å². The average molecular weight is 188 g/mol. The van der Waals surface area contributed by atoms with Crippen molar-refractivity contribution in [1.82, 2.24) is 0 Å². The van der Waals surface area contributed by atoms with Gasteiger partial charge in [0, 0.05) is 5.25 Å². The lowest BCUT2D eigenvalue weighted by Gasteiger charge is -2.11. The van der Waals surface area contributed by atoms with E-state index < -0.39 is 0 Å². The fourth-order valence-electron chi connectivity index (χ4n) is 1.63. The van der Waals surface area contributed by atoms with Gasteiger partial charge >= 0.3 is 0 Å². The lowest BCUT2D eigenvalue weighted by atomic mass is 10.2. The summed E-state index contributed by atoms with van der Waals surface area (Å²) in [6.07, 6.45) is 4.74. The van der Waals surface area contributed by atoms with Crippen molar-refractivity contribution in [3.63, 3.8) is 0 Å². The van der Waals surface area contributed by atoms with E-state index in [1.54, 1.807) is 0 Å². The standard InChI is InChI=1S/C10H20OS/c1-4-6-12-10-7-9(5-2)11-8(10)3/h8-10H,4-7H2,1-3H3. The Labute approximate surface area is 80.3 Å². The average Bonchev–Trinajstić information content (AvgIpc) is 2.43. The molecular formula is C10H20OS. The molecule has 3 atom stereocenters. The molecule has 2 heteroatoms. The van der Waals surface area contributed by atoms with Crippen molar-refractivity contribution in [2.75, 3.05) is 5.75 Å². The van der Waals surface area contributed by atoms with Crippen molar-refractivity contribution in [3.05, 3.63) is 0 Å². The normalized spacial score (nSPS) is 35.8. The summed E-state index contributed by atoms with van der Waals surface area (Å²) in [6, 6.07) is 0. The van der Waals surface area contributed by atoms with Gasteiger partial charge in [-0.1, -0.05) is 13.8 Å². The second-order valence-electron chi connectivity index (χ2n) is 3.52. The Bertz CT molecular complexity index is 127. The molecule has 1 fully saturated rings. The van der Waals surface area contributed by atoms with Crippen molar-refractivity contribution in [2.24, 2.45) is 0 Å². The van der Waals surface area contributed by atoms with Crippen molar-refractivity contribution < 1.29 is 4.74 Å². The Morgan fingerprint density at radius 2 is 2.17 bits per heavy atom. The third-order valence-electron chi connectivity index (χ3n) is 2.42. The van der Waals surface area contributed by atoms with E-state index in [0.29, 0.717) is 12.2 Å². The van der Waals surface area contributed by atoms with Crippen molar-refractivity contribution in [1.29, 1.82) is 0 Å². The maximum Gasteiger partial charge on any atom is 0.0670 e. The minimum Gasteiger partial charge on any atom is -0.374 e. The highest BCUT2D eigenvalue weighted by Gasteiger charge is 2.30. The van der Waals surface area contributed by atoms with Gasteiger partial charge in [0.1, 0.15) is 0 Å². The quantitative estimate of drug-likeness (QED) is 0.670. The van der Waals surface area contributed by atoms with Crippen LogP contribution in [-0.2, 0) is 4.74 Å². The maximum atomic E-state index is 5.80. The van der Waals surface area contributed by atoms with Crippen molar-refractivity contribution in [2.45, 2.75) is 57.5 Å². The molecule has 0 amide bonds. The maximum absolute atomic E-state index is 5.80. The van der Waals surface area contributed by atoms with E-state index in [0.717, 1.165) is 5.25 Å². The largest absolute Gasteiger partial charge is 0.374 e. The van der Waals surface area contributed by atoms with Crippen LogP contribution in [0.4, 0.5) is 0 Å². The van der Waals surface area contributed by atoms with Crippen LogP contribution in [-0.4, -0.2) is 23.2 Å². The summed E-state index contributed by atoms with van der Waals surface area (Å²) in [6.45, 7) is 6.66. The molecule has 72 valence electrons. The summed E-state index contributed by atoms with van der Waals surface area (Å²) in [4.78, 5) is 0. The molecule has 12 heavy (non-hydrogen) atoms. The van der Waals surface area contributed by atoms with E-state index in [9.17, 15) is 0 Å². The third kappa shape index (κ3) is 2.67. The molecule has 0 aliphatic carbocycles. The predicted molar refractivity (Wildman–Crippen MR) is 55.8 cm³/mol. The van der Waals surface area contributed by atoms with E-state index >= 15 is 0 Å². The van der Waals surface area contributed by atoms with Gasteiger partial charge in [-0.3, -0.25) is 0 Å². The number of hydrogen-bond donors (Lipinski definition) is 0. The lowest BCUT2D eigenvalue weighted by molar-refractivity contribution is 0.0549. The topological polar surface area (TPSA) is 9.23 Å². The van der Waals surface area contributed by atoms with Crippen molar-refractivity contribution >= 4 is 11.8 Å². The Balaban J connectivity index is 2.25. The Morgan fingerprint density at radius 1 is 1.42 bits per heavy atom. The highest BCUT2D eigenvalue weighted by Crippen LogP contribution is 2.31. The molecule has 0 spiro atoms. The van der Waals surface area contributed by atoms with Crippen LogP contribution in [0.5, 0.6) is 0 Å². The molecule has 0 aromatic heterocycles. The van der Waals surface area contributed by atoms with Crippen LogP contribution in [0, 0.1) is 0 Å². The molecule has 0 aromatic carbocycles. The van der Waals surface area contributed by atoms with Gasteiger partial charge in [-0.15, -0.1) is 0 Å². The molecule has 0 N–H and O–H groups in total. The van der Waals surface area contributed by atoms with Gasteiger partial charge in [0.15, 0.2) is 0 Å². The first-order chi connectivity index (χ1) is 5.77. The first-order valence-electron chi connectivity index (χ1n) is 5.05. The van der Waals surface area contributed by atoms with Crippen LogP contribution in [0.1, 0.15) is 40.0 Å². The van der Waals surface area contributed by atoms with E-state index in [-0.39, 0.29) is 0 Å². The molecule has 1 heterocycles. The van der Waals surface area contributed by atoms with Crippen LogP contribution >= 0.6 is 11.8 Å². The van der Waals surface area contributed by atoms with Gasteiger partial charge in [-0.05, 0) is 31.9 Å². The van der Waals surface area contributed by atoms with Gasteiger partial charge < -0.3 is 4.74 Å². The van der Waals surface area contributed by atoms with Crippen LogP contribution in [0.2, 0.25) is 0 Å². The third-order valence-corrected chi connectivity index (χ3v) is 4.07. The number of ether oxygens (including phenoxy) is 1. The molecule has 3 unspecified atom stereocenters. The van der Waals surface area contributed by atoms with Crippen LogP contribution in [0.25, 0.3) is 0 Å². The van der Waals surface area contributed by atoms with Gasteiger partial charge in [0.2, 0.25) is 0 Å². The molecule has 1 saturated heterocycles. The van der Waals surface area contributed by atoms with E-state index in [4.69, 9.17) is 4.74 Å². The number of hydrogen-bond acceptors (Lipinski definition) is 2. The molecule has 1 nitrogen and oxygen atoms in total. The van der Waals surface area contributed by atoms with Gasteiger partial charge in [-0.2, -0.15) is 11.8 Å². The fraction of sp³-hybridized carbons (Fsp3) is 1.00. The summed E-state index contributed by atoms with van der Waals surface area (Å²) in [5, 5.41) is 0.759. The van der Waals surface area contributed by atoms with E-state index in [1.807, 2.05) is 0 Å². The molecule has 0 saturated carbocycles. The molecule has 1 aliphatic heterocycles. The fourth-order valence-corrected chi connectivity index (χ4v) is 2.86. The molecule has 1 aliphatic rings. The first kappa shape index (κ1) is 10.4. The molecule has 0 bridgehead atoms. The summed E-state index contributed by atoms with van der Waals surface area (Å²) >= 11 is 2.09. The van der Waals surface area contributed by atoms with Crippen LogP contribution in [0.15, 0.2) is 0 Å². The minimum absolute atomic E-state index is 0.478. The molecule has 0 aromatic rings. The van der Waals surface area contributed by atoms with Crippen molar-refractivity contribution in [3.8, 4) is 0 Å². The number of thioether (sulfide) groups is 1. The summed E-state index contributed by atoms with van der Waals surface area (Å²) in [5.41, 5.74) is 0. The summed E-state index contributed by atoms with van der Waals surface area (Å²) in [5.74, 6) is 1.29. The van der Waals surface area contributed by atoms with Gasteiger partial charge in [0.05, 0.1) is 12.2 Å². The Morgan fingerprint density at radius 3 is 2.67 bits per heavy atom. The summed E-state index contributed by atoms with van der Waals surface area (Å²) < 4.78 is 5.80. The Hall–Kier alpha value is 0.310. The highest BCUT2D eigenvalue weighted by molar-refractivity contribution is 7.99. The van der Waals surface area contributed by atoms with Crippen LogP contribution < -0.4 is 0 Å². The van der Waals surface area contributed by atoms with Crippen LogP contribution in [0.3, 0.4) is 0 Å². The SMILES string of the molecule is CCCSC1CC(CC)OC1C. The van der Waals surface area contributed by atoms with E-state index in [1.165, 1.54) is 25.0 Å². The second-order valence-corrected chi connectivity index (χ2v) is 4.86. The molecule has 0 radical (unpaired) electrons.